The summed E-state index contributed by atoms with van der Waals surface area (Å²) in [5.41, 5.74) is 7.68. The Morgan fingerprint density at radius 2 is 2.27 bits per heavy atom. The maximum Gasteiger partial charge on any atom is 0.255 e. The topological polar surface area (TPSA) is 72.9 Å². The molecule has 1 aliphatic rings. The Labute approximate surface area is 129 Å². The van der Waals surface area contributed by atoms with Crippen LogP contribution in [0.1, 0.15) is 19.3 Å². The molecule has 2 heterocycles. The van der Waals surface area contributed by atoms with Crippen LogP contribution in [-0.2, 0) is 0 Å². The van der Waals surface area contributed by atoms with Crippen LogP contribution in [0.2, 0.25) is 0 Å². The van der Waals surface area contributed by atoms with Gasteiger partial charge in [0.1, 0.15) is 5.82 Å². The van der Waals surface area contributed by atoms with Crippen molar-refractivity contribution in [3.8, 4) is 5.69 Å². The standard InChI is InChI=1S/C17H20N4O/c18-10-9-13-4-3-5-15(13)20-16-8-7-14(12-19-16)21-11-2-1-6-17(21)22/h1-2,6-9,11-12,15H,3-5,10,18H2,(H,19,20)/b13-9-. The summed E-state index contributed by atoms with van der Waals surface area (Å²) in [6.07, 6.45) is 8.94. The summed E-state index contributed by atoms with van der Waals surface area (Å²) >= 11 is 0. The molecule has 114 valence electrons. The minimum Gasteiger partial charge on any atom is -0.364 e. The molecule has 0 aliphatic heterocycles. The summed E-state index contributed by atoms with van der Waals surface area (Å²) in [5, 5.41) is 3.45. The van der Waals surface area contributed by atoms with Crippen LogP contribution in [0.5, 0.6) is 0 Å². The number of nitrogens with one attached hydrogen (secondary N) is 1. The molecule has 0 aromatic carbocycles. The first-order chi connectivity index (χ1) is 10.8. The summed E-state index contributed by atoms with van der Waals surface area (Å²) < 4.78 is 1.58. The van der Waals surface area contributed by atoms with Crippen LogP contribution in [0.25, 0.3) is 5.69 Å². The first-order valence-electron chi connectivity index (χ1n) is 7.57. The van der Waals surface area contributed by atoms with Gasteiger partial charge in [0.25, 0.3) is 5.56 Å². The van der Waals surface area contributed by atoms with Gasteiger partial charge in [-0.25, -0.2) is 4.98 Å². The highest BCUT2D eigenvalue weighted by Crippen LogP contribution is 2.27. The van der Waals surface area contributed by atoms with E-state index < -0.39 is 0 Å². The molecule has 1 saturated carbocycles. The highest BCUT2D eigenvalue weighted by molar-refractivity contribution is 5.44. The van der Waals surface area contributed by atoms with E-state index in [1.165, 1.54) is 18.1 Å². The third kappa shape index (κ3) is 3.09. The van der Waals surface area contributed by atoms with Gasteiger partial charge in [0.05, 0.1) is 11.9 Å². The quantitative estimate of drug-likeness (QED) is 0.847. The molecule has 5 heteroatoms. The second kappa shape index (κ2) is 6.58. The van der Waals surface area contributed by atoms with Crippen LogP contribution in [0, 0.1) is 0 Å². The van der Waals surface area contributed by atoms with Crippen molar-refractivity contribution in [2.75, 3.05) is 11.9 Å². The molecule has 0 amide bonds. The van der Waals surface area contributed by atoms with E-state index in [0.29, 0.717) is 12.6 Å². The van der Waals surface area contributed by atoms with Crippen molar-refractivity contribution in [2.24, 2.45) is 5.73 Å². The van der Waals surface area contributed by atoms with Gasteiger partial charge in [0, 0.05) is 24.8 Å². The zero-order valence-electron chi connectivity index (χ0n) is 12.4. The monoisotopic (exact) mass is 296 g/mol. The fourth-order valence-corrected chi connectivity index (χ4v) is 2.86. The number of hydrogen-bond acceptors (Lipinski definition) is 4. The van der Waals surface area contributed by atoms with Gasteiger partial charge in [-0.05, 0) is 37.5 Å². The van der Waals surface area contributed by atoms with Gasteiger partial charge in [0.15, 0.2) is 0 Å². The highest BCUT2D eigenvalue weighted by Gasteiger charge is 2.20. The van der Waals surface area contributed by atoms with E-state index in [2.05, 4.69) is 16.4 Å². The van der Waals surface area contributed by atoms with Crippen LogP contribution in [0.3, 0.4) is 0 Å². The number of aromatic nitrogens is 2. The molecule has 22 heavy (non-hydrogen) atoms. The number of nitrogens with zero attached hydrogens (tertiary/aromatic N) is 2. The average Bonchev–Trinajstić information content (AvgIpc) is 2.96. The highest BCUT2D eigenvalue weighted by atomic mass is 16.1. The SMILES string of the molecule is NC/C=C1/CCCC1Nc1ccc(-n2ccccc2=O)cn1. The summed E-state index contributed by atoms with van der Waals surface area (Å²) in [4.78, 5) is 16.2. The number of pyridine rings is 2. The Morgan fingerprint density at radius 3 is 3.00 bits per heavy atom. The normalized spacial score (nSPS) is 19.5. The molecule has 1 fully saturated rings. The molecule has 1 aliphatic carbocycles. The molecular weight excluding hydrogens is 276 g/mol. The maximum atomic E-state index is 11.8. The lowest BCUT2D eigenvalue weighted by Gasteiger charge is -2.15. The molecule has 5 nitrogen and oxygen atoms in total. The Bertz CT molecular complexity index is 718. The first-order valence-corrected chi connectivity index (χ1v) is 7.57. The molecular formula is C17H20N4O. The van der Waals surface area contributed by atoms with E-state index in [4.69, 9.17) is 5.73 Å². The average molecular weight is 296 g/mol. The van der Waals surface area contributed by atoms with E-state index in [1.54, 1.807) is 23.0 Å². The fourth-order valence-electron chi connectivity index (χ4n) is 2.86. The molecule has 0 radical (unpaired) electrons. The third-order valence-electron chi connectivity index (χ3n) is 3.96. The Hall–Kier alpha value is -2.40. The predicted molar refractivity (Wildman–Crippen MR) is 88.2 cm³/mol. The van der Waals surface area contributed by atoms with Crippen LogP contribution in [-0.4, -0.2) is 22.1 Å². The number of anilines is 1. The van der Waals surface area contributed by atoms with E-state index >= 15 is 0 Å². The van der Waals surface area contributed by atoms with Crippen LogP contribution >= 0.6 is 0 Å². The Morgan fingerprint density at radius 1 is 1.36 bits per heavy atom. The van der Waals surface area contributed by atoms with E-state index in [0.717, 1.165) is 24.3 Å². The van der Waals surface area contributed by atoms with E-state index in [-0.39, 0.29) is 5.56 Å². The molecule has 3 rings (SSSR count). The third-order valence-corrected chi connectivity index (χ3v) is 3.96. The summed E-state index contributed by atoms with van der Waals surface area (Å²) in [5.74, 6) is 0.822. The first kappa shape index (κ1) is 14.5. The summed E-state index contributed by atoms with van der Waals surface area (Å²) in [6.45, 7) is 0.580. The van der Waals surface area contributed by atoms with Gasteiger partial charge in [0.2, 0.25) is 0 Å². The van der Waals surface area contributed by atoms with Crippen molar-refractivity contribution in [1.29, 1.82) is 0 Å². The second-order valence-corrected chi connectivity index (χ2v) is 5.41. The zero-order chi connectivity index (χ0) is 15.4. The van der Waals surface area contributed by atoms with Gasteiger partial charge >= 0.3 is 0 Å². The van der Waals surface area contributed by atoms with Crippen LogP contribution in [0.4, 0.5) is 5.82 Å². The van der Waals surface area contributed by atoms with Crippen LogP contribution < -0.4 is 16.6 Å². The van der Waals surface area contributed by atoms with Crippen molar-refractivity contribution < 1.29 is 0 Å². The molecule has 0 spiro atoms. The lowest BCUT2D eigenvalue weighted by Crippen LogP contribution is -2.19. The molecule has 0 saturated heterocycles. The molecule has 0 bridgehead atoms. The molecule has 3 N–H and O–H groups in total. The van der Waals surface area contributed by atoms with E-state index in [9.17, 15) is 4.79 Å². The minimum absolute atomic E-state index is 0.0611. The van der Waals surface area contributed by atoms with Crippen molar-refractivity contribution in [3.63, 3.8) is 0 Å². The Balaban J connectivity index is 1.76. The van der Waals surface area contributed by atoms with Gasteiger partial charge < -0.3 is 11.1 Å². The molecule has 1 atom stereocenters. The van der Waals surface area contributed by atoms with Gasteiger partial charge in [-0.1, -0.05) is 17.7 Å². The maximum absolute atomic E-state index is 11.8. The van der Waals surface area contributed by atoms with Crippen LogP contribution in [0.15, 0.2) is 59.2 Å². The Kier molecular flexibility index (Phi) is 4.34. The predicted octanol–water partition coefficient (Wildman–Crippen LogP) is 2.08. The second-order valence-electron chi connectivity index (χ2n) is 5.41. The van der Waals surface area contributed by atoms with Crippen molar-refractivity contribution in [1.82, 2.24) is 9.55 Å². The van der Waals surface area contributed by atoms with Gasteiger partial charge in [-0.3, -0.25) is 9.36 Å². The molecule has 2 aromatic rings. The number of rotatable bonds is 4. The zero-order valence-corrected chi connectivity index (χ0v) is 12.4. The van der Waals surface area contributed by atoms with Crippen molar-refractivity contribution in [2.45, 2.75) is 25.3 Å². The van der Waals surface area contributed by atoms with Crippen molar-refractivity contribution in [3.05, 3.63) is 64.7 Å². The smallest absolute Gasteiger partial charge is 0.255 e. The summed E-state index contributed by atoms with van der Waals surface area (Å²) in [7, 11) is 0. The lowest BCUT2D eigenvalue weighted by atomic mass is 10.1. The van der Waals surface area contributed by atoms with Gasteiger partial charge in [-0.15, -0.1) is 0 Å². The molecule has 1 unspecified atom stereocenters. The minimum atomic E-state index is -0.0611. The summed E-state index contributed by atoms with van der Waals surface area (Å²) in [6, 6.07) is 9.23. The fraction of sp³-hybridized carbons (Fsp3) is 0.294. The number of hydrogen-bond donors (Lipinski definition) is 2. The molecule has 2 aromatic heterocycles. The number of nitrogens with two attached hydrogens (primary N) is 1. The van der Waals surface area contributed by atoms with Gasteiger partial charge in [-0.2, -0.15) is 0 Å². The largest absolute Gasteiger partial charge is 0.364 e. The van der Waals surface area contributed by atoms with Crippen molar-refractivity contribution >= 4 is 5.82 Å². The lowest BCUT2D eigenvalue weighted by molar-refractivity contribution is 0.809. The van der Waals surface area contributed by atoms with E-state index in [1.807, 2.05) is 18.2 Å².